The quantitative estimate of drug-likeness (QED) is 0.156. The molecule has 21 heteroatoms. The van der Waals surface area contributed by atoms with E-state index in [4.69, 9.17) is 9.47 Å². The van der Waals surface area contributed by atoms with Crippen molar-refractivity contribution in [1.29, 1.82) is 0 Å². The first-order chi connectivity index (χ1) is 27.3. The summed E-state index contributed by atoms with van der Waals surface area (Å²) in [5.74, 6) is -15.1. The molecule has 6 unspecified atom stereocenters. The molecule has 0 bridgehead atoms. The molecule has 4 amide bonds. The maximum absolute atomic E-state index is 14.5. The molecule has 0 spiro atoms. The molecule has 3 aromatic carbocycles. The molecule has 2 saturated heterocycles. The number of rotatable bonds is 5. The normalized spacial score (nSPS) is 24.9. The summed E-state index contributed by atoms with van der Waals surface area (Å²) < 4.78 is 177. The van der Waals surface area contributed by atoms with E-state index >= 15 is 0 Å². The topological polar surface area (TPSA) is 113 Å². The van der Waals surface area contributed by atoms with Crippen LogP contribution in [-0.4, -0.2) is 43.0 Å². The van der Waals surface area contributed by atoms with Crippen molar-refractivity contribution in [2.75, 3.05) is 24.0 Å². The summed E-state index contributed by atoms with van der Waals surface area (Å²) in [5, 5.41) is 10.4. The van der Waals surface area contributed by atoms with E-state index in [9.17, 15) is 77.0 Å². The van der Waals surface area contributed by atoms with E-state index in [0.29, 0.717) is 0 Å². The largest absolute Gasteiger partial charge is 0.508 e. The van der Waals surface area contributed by atoms with E-state index in [1.165, 1.54) is 6.08 Å². The van der Waals surface area contributed by atoms with Crippen LogP contribution in [0.4, 0.5) is 64.1 Å². The van der Waals surface area contributed by atoms with Crippen molar-refractivity contribution in [3.8, 4) is 17.2 Å². The highest BCUT2D eigenvalue weighted by Crippen LogP contribution is 2.61. The number of imide groups is 2. The number of aromatic hydroxyl groups is 1. The summed E-state index contributed by atoms with van der Waals surface area (Å²) >= 11 is 0. The monoisotopic (exact) mass is 850 g/mol. The van der Waals surface area contributed by atoms with Crippen molar-refractivity contribution in [2.45, 2.75) is 43.5 Å². The molecule has 9 nitrogen and oxygen atoms in total. The van der Waals surface area contributed by atoms with Crippen molar-refractivity contribution in [2.24, 2.45) is 29.6 Å². The maximum atomic E-state index is 14.5. The Morgan fingerprint density at radius 1 is 0.542 bits per heavy atom. The number of benzene rings is 3. The van der Waals surface area contributed by atoms with Crippen LogP contribution in [0.25, 0.3) is 0 Å². The Kier molecular flexibility index (Phi) is 9.58. The number of ether oxygens (including phenoxy) is 2. The molecule has 2 aliphatic heterocycles. The zero-order valence-electron chi connectivity index (χ0n) is 29.9. The molecule has 3 aromatic rings. The SMILES string of the molecule is COc1cc(O)cc(OC)c1C1C2=CCC3C(=O)N(c4cc(C(F)(F)F)cc(C(F)(F)F)c4)C(=O)C3C2CC2C(=O)N(c3cc(C(F)(F)F)cc(C(F)(F)F)c3)C(=O)C21. The number of anilines is 2. The lowest BCUT2D eigenvalue weighted by Crippen LogP contribution is -2.43. The summed E-state index contributed by atoms with van der Waals surface area (Å²) in [7, 11) is 2.24. The Hall–Kier alpha value is -5.76. The zero-order valence-corrected chi connectivity index (χ0v) is 29.9. The third kappa shape index (κ3) is 6.80. The van der Waals surface area contributed by atoms with Gasteiger partial charge in [-0.05, 0) is 55.2 Å². The molecular formula is C38H26F12N2O7. The van der Waals surface area contributed by atoms with Crippen LogP contribution in [0, 0.1) is 29.6 Å². The molecule has 7 rings (SSSR count). The second-order valence-corrected chi connectivity index (χ2v) is 14.3. The third-order valence-corrected chi connectivity index (χ3v) is 11.1. The standard InChI is InChI=1S/C38H26F12N2O7/c1-58-25-11-20(53)12-26(59-2)30(25)28-21-3-4-22-27(33(56)51(31(22)54)18-7-14(35(39,40)41)5-15(8-18)36(42,43)44)23(21)13-24-29(28)34(57)52(32(24)55)19-9-16(37(45,46)47)6-17(10-19)38(48,49)50/h3,5-12,22-24,27-29,53H,4,13H2,1-2H3. The minimum Gasteiger partial charge on any atom is -0.508 e. The summed E-state index contributed by atoms with van der Waals surface area (Å²) in [6.07, 6.45) is -21.1. The molecule has 59 heavy (non-hydrogen) atoms. The fourth-order valence-electron chi connectivity index (χ4n) is 8.79. The van der Waals surface area contributed by atoms with Gasteiger partial charge in [0.25, 0.3) is 0 Å². The van der Waals surface area contributed by atoms with E-state index in [0.717, 1.165) is 26.4 Å². The Bertz CT molecular complexity index is 2240. The minimum atomic E-state index is -5.39. The molecular weight excluding hydrogens is 824 g/mol. The number of phenols is 1. The number of fused-ring (bicyclic) bond motifs is 4. The lowest BCUT2D eigenvalue weighted by molar-refractivity contribution is -0.144. The van der Waals surface area contributed by atoms with Crippen LogP contribution < -0.4 is 19.3 Å². The van der Waals surface area contributed by atoms with Gasteiger partial charge in [-0.2, -0.15) is 52.7 Å². The Morgan fingerprint density at radius 2 is 0.932 bits per heavy atom. The van der Waals surface area contributed by atoms with Crippen molar-refractivity contribution >= 4 is 35.0 Å². The van der Waals surface area contributed by atoms with Crippen molar-refractivity contribution < 1.29 is 86.4 Å². The second-order valence-electron chi connectivity index (χ2n) is 14.3. The number of carbonyl (C=O) groups excluding carboxylic acids is 4. The lowest BCUT2D eigenvalue weighted by atomic mass is 9.57. The van der Waals surface area contributed by atoms with E-state index in [1.54, 1.807) is 0 Å². The van der Waals surface area contributed by atoms with Crippen LogP contribution in [-0.2, 0) is 43.9 Å². The molecule has 0 aromatic heterocycles. The van der Waals surface area contributed by atoms with Gasteiger partial charge in [0.15, 0.2) is 0 Å². The average molecular weight is 851 g/mol. The Labute approximate surface area is 323 Å². The molecule has 2 heterocycles. The second kappa shape index (κ2) is 13.7. The minimum absolute atomic E-state index is 0.0819. The van der Waals surface area contributed by atoms with Crippen molar-refractivity contribution in [3.63, 3.8) is 0 Å². The number of amides is 4. The highest BCUT2D eigenvalue weighted by Gasteiger charge is 2.63. The summed E-state index contributed by atoms with van der Waals surface area (Å²) in [6, 6.07) is 2.40. The number of carbonyl (C=O) groups is 4. The molecule has 1 saturated carbocycles. The third-order valence-electron chi connectivity index (χ3n) is 11.1. The maximum Gasteiger partial charge on any atom is 0.416 e. The van der Waals surface area contributed by atoms with Crippen LogP contribution in [0.2, 0.25) is 0 Å². The molecule has 2 aliphatic carbocycles. The van der Waals surface area contributed by atoms with Gasteiger partial charge in [-0.15, -0.1) is 0 Å². The number of nitrogens with zero attached hydrogens (tertiary/aromatic N) is 2. The van der Waals surface area contributed by atoms with Crippen LogP contribution in [0.1, 0.15) is 46.6 Å². The fraction of sp³-hybridized carbons (Fsp3) is 0.368. The van der Waals surface area contributed by atoms with E-state index < -0.39 is 136 Å². The van der Waals surface area contributed by atoms with Gasteiger partial charge in [0.2, 0.25) is 23.6 Å². The smallest absolute Gasteiger partial charge is 0.416 e. The van der Waals surface area contributed by atoms with Gasteiger partial charge in [-0.25, -0.2) is 9.80 Å². The van der Waals surface area contributed by atoms with Crippen molar-refractivity contribution in [1.82, 2.24) is 0 Å². The number of allylic oxidation sites excluding steroid dienone is 2. The lowest BCUT2D eigenvalue weighted by Gasteiger charge is -2.44. The highest BCUT2D eigenvalue weighted by molar-refractivity contribution is 6.24. The van der Waals surface area contributed by atoms with Crippen LogP contribution in [0.5, 0.6) is 17.2 Å². The van der Waals surface area contributed by atoms with Gasteiger partial charge < -0.3 is 14.6 Å². The number of methoxy groups -OCH3 is 2. The molecule has 1 N–H and O–H groups in total. The van der Waals surface area contributed by atoms with Gasteiger partial charge in [-0.1, -0.05) is 11.6 Å². The molecule has 6 atom stereocenters. The van der Waals surface area contributed by atoms with Gasteiger partial charge in [-0.3, -0.25) is 19.2 Å². The van der Waals surface area contributed by atoms with Crippen LogP contribution in [0.3, 0.4) is 0 Å². The molecule has 4 aliphatic rings. The predicted octanol–water partition coefficient (Wildman–Crippen LogP) is 8.53. The number of phenolic OH excluding ortho intramolecular Hbond substituents is 1. The number of hydrogen-bond donors (Lipinski definition) is 1. The van der Waals surface area contributed by atoms with Gasteiger partial charge in [0, 0.05) is 23.6 Å². The first-order valence-corrected chi connectivity index (χ1v) is 17.3. The summed E-state index contributed by atoms with van der Waals surface area (Å²) in [4.78, 5) is 57.3. The predicted molar refractivity (Wildman–Crippen MR) is 177 cm³/mol. The number of halogens is 12. The van der Waals surface area contributed by atoms with E-state index in [1.807, 2.05) is 0 Å². The number of hydrogen-bond acceptors (Lipinski definition) is 7. The van der Waals surface area contributed by atoms with Gasteiger partial charge >= 0.3 is 24.7 Å². The van der Waals surface area contributed by atoms with Gasteiger partial charge in [0.1, 0.15) is 17.2 Å². The Morgan fingerprint density at radius 3 is 1.32 bits per heavy atom. The molecule has 314 valence electrons. The fourth-order valence-corrected chi connectivity index (χ4v) is 8.79. The summed E-state index contributed by atoms with van der Waals surface area (Å²) in [6.45, 7) is 0. The first-order valence-electron chi connectivity index (χ1n) is 17.3. The van der Waals surface area contributed by atoms with Crippen molar-refractivity contribution in [3.05, 3.63) is 88.0 Å². The van der Waals surface area contributed by atoms with Crippen LogP contribution in [0.15, 0.2) is 60.2 Å². The summed E-state index contributed by atoms with van der Waals surface area (Å²) in [5.41, 5.74) is -9.51. The van der Waals surface area contributed by atoms with E-state index in [-0.39, 0.29) is 68.8 Å². The molecule has 3 fully saturated rings. The highest BCUT2D eigenvalue weighted by atomic mass is 19.4. The average Bonchev–Trinajstić information content (AvgIpc) is 3.55. The number of alkyl halides is 12. The molecule has 0 radical (unpaired) electrons. The van der Waals surface area contributed by atoms with E-state index in [2.05, 4.69) is 0 Å². The van der Waals surface area contributed by atoms with Gasteiger partial charge in [0.05, 0.1) is 71.5 Å². The Balaban J connectivity index is 1.40. The van der Waals surface area contributed by atoms with Crippen LogP contribution >= 0.6 is 0 Å². The zero-order chi connectivity index (χ0) is 43.5. The first kappa shape index (κ1) is 41.4.